The molecule has 0 fully saturated rings. The Hall–Kier alpha value is -1.13. The van der Waals surface area contributed by atoms with E-state index in [-0.39, 0.29) is 14.8 Å². The predicted octanol–water partition coefficient (Wildman–Crippen LogP) is 2.77. The van der Waals surface area contributed by atoms with E-state index in [0.29, 0.717) is 0 Å². The number of hydrogen-bond donors (Lipinski definition) is 0. The molecule has 0 amide bonds. The van der Waals surface area contributed by atoms with Gasteiger partial charge in [-0.2, -0.15) is 0 Å². The first-order chi connectivity index (χ1) is 8.76. The van der Waals surface area contributed by atoms with E-state index in [1.165, 1.54) is 6.07 Å². The number of halogens is 5. The maximum Gasteiger partial charge on any atom is 0.574 e. The summed E-state index contributed by atoms with van der Waals surface area (Å²) in [7, 11) is 1.07. The second kappa shape index (κ2) is 6.35. The second-order valence-electron chi connectivity index (χ2n) is 3.32. The molecule has 0 aliphatic carbocycles. The number of esters is 1. The number of methoxy groups -OCH3 is 1. The molecule has 4 nitrogen and oxygen atoms in total. The molecule has 106 valence electrons. The fourth-order valence-electron chi connectivity index (χ4n) is 1.28. The molecule has 0 radical (unpaired) electrons. The maximum atomic E-state index is 12.8. The first-order valence-corrected chi connectivity index (χ1v) is 5.91. The average Bonchev–Trinajstić information content (AvgIpc) is 2.29. The number of aromatic nitrogens is 1. The lowest BCUT2D eigenvalue weighted by Crippen LogP contribution is -2.21. The van der Waals surface area contributed by atoms with Crippen molar-refractivity contribution >= 4 is 28.6 Å². The third-order valence-corrected chi connectivity index (χ3v) is 2.61. The van der Waals surface area contributed by atoms with Crippen molar-refractivity contribution in [2.24, 2.45) is 0 Å². The van der Waals surface area contributed by atoms with Crippen LogP contribution in [0.15, 0.2) is 6.07 Å². The monoisotopic (exact) mass is 393 g/mol. The van der Waals surface area contributed by atoms with Gasteiger partial charge in [0.05, 0.1) is 13.5 Å². The van der Waals surface area contributed by atoms with E-state index in [0.717, 1.165) is 7.11 Å². The molecule has 1 aromatic rings. The molecule has 1 heterocycles. The van der Waals surface area contributed by atoms with Gasteiger partial charge in [-0.05, 0) is 34.2 Å². The van der Waals surface area contributed by atoms with E-state index in [1.54, 1.807) is 22.6 Å². The van der Waals surface area contributed by atoms with E-state index in [4.69, 9.17) is 0 Å². The van der Waals surface area contributed by atoms with Crippen molar-refractivity contribution in [1.82, 2.24) is 4.98 Å². The molecule has 19 heavy (non-hydrogen) atoms. The van der Waals surface area contributed by atoms with Crippen LogP contribution in [0.25, 0.3) is 0 Å². The Labute approximate surface area is 119 Å². The molecule has 9 heteroatoms. The molecule has 0 unspecified atom stereocenters. The number of carbonyl (C=O) groups excluding carboxylic acids is 1. The Balaban J connectivity index is 3.25. The average molecular weight is 393 g/mol. The number of hydrogen-bond acceptors (Lipinski definition) is 4. The fraction of sp³-hybridized carbons (Fsp3) is 0.400. The highest BCUT2D eigenvalue weighted by atomic mass is 127. The SMILES string of the molecule is COC(=O)Cc1c(CF)cc(I)nc1OC(F)(F)F. The molecular formula is C10H8F4INO3. The van der Waals surface area contributed by atoms with Gasteiger partial charge in [-0.3, -0.25) is 4.79 Å². The number of nitrogens with zero attached hydrogens (tertiary/aromatic N) is 1. The summed E-state index contributed by atoms with van der Waals surface area (Å²) in [5.74, 6) is -1.65. The lowest BCUT2D eigenvalue weighted by atomic mass is 10.1. The van der Waals surface area contributed by atoms with Crippen LogP contribution in [-0.2, 0) is 22.6 Å². The summed E-state index contributed by atoms with van der Waals surface area (Å²) in [5, 5.41) is 0. The minimum atomic E-state index is -4.98. The lowest BCUT2D eigenvalue weighted by molar-refractivity contribution is -0.276. The summed E-state index contributed by atoms with van der Waals surface area (Å²) in [5.41, 5.74) is -0.365. The Morgan fingerprint density at radius 3 is 2.58 bits per heavy atom. The van der Waals surface area contributed by atoms with Crippen LogP contribution in [0, 0.1) is 3.70 Å². The quantitative estimate of drug-likeness (QED) is 0.342. The van der Waals surface area contributed by atoms with Gasteiger partial charge in [0.1, 0.15) is 10.4 Å². The zero-order valence-corrected chi connectivity index (χ0v) is 11.7. The van der Waals surface area contributed by atoms with Crippen molar-refractivity contribution in [3.8, 4) is 5.88 Å². The van der Waals surface area contributed by atoms with Crippen LogP contribution in [0.2, 0.25) is 0 Å². The van der Waals surface area contributed by atoms with E-state index in [1.807, 2.05) is 0 Å². The Morgan fingerprint density at radius 1 is 1.47 bits per heavy atom. The number of carbonyl (C=O) groups is 1. The standard InChI is InChI=1S/C10H8F4INO3/c1-18-8(17)3-6-5(4-11)2-7(15)16-9(6)19-10(12,13)14/h2H,3-4H2,1H3. The number of pyridine rings is 1. The third-order valence-electron chi connectivity index (χ3n) is 2.05. The van der Waals surface area contributed by atoms with Gasteiger partial charge in [0, 0.05) is 5.56 Å². The largest absolute Gasteiger partial charge is 0.574 e. The Morgan fingerprint density at radius 2 is 2.11 bits per heavy atom. The van der Waals surface area contributed by atoms with E-state index in [9.17, 15) is 22.4 Å². The van der Waals surface area contributed by atoms with Crippen molar-refractivity contribution < 1.29 is 31.8 Å². The van der Waals surface area contributed by atoms with Gasteiger partial charge in [0.25, 0.3) is 0 Å². The first-order valence-electron chi connectivity index (χ1n) is 4.83. The predicted molar refractivity (Wildman–Crippen MR) is 64.2 cm³/mol. The van der Waals surface area contributed by atoms with Crippen LogP contribution in [0.4, 0.5) is 17.6 Å². The Bertz CT molecular complexity index is 479. The molecule has 0 aromatic carbocycles. The minimum absolute atomic E-state index is 0.0935. The van der Waals surface area contributed by atoms with Gasteiger partial charge < -0.3 is 9.47 Å². The maximum absolute atomic E-state index is 12.8. The topological polar surface area (TPSA) is 48.4 Å². The van der Waals surface area contributed by atoms with Gasteiger partial charge in [-0.1, -0.05) is 0 Å². The zero-order chi connectivity index (χ0) is 14.6. The summed E-state index contributed by atoms with van der Waals surface area (Å²) >= 11 is 1.62. The normalized spacial score (nSPS) is 11.3. The molecule has 1 rings (SSSR count). The molecule has 0 aliphatic heterocycles. The summed E-state index contributed by atoms with van der Waals surface area (Å²) in [6.07, 6.45) is -5.53. The van der Waals surface area contributed by atoms with Crippen molar-refractivity contribution in [3.63, 3.8) is 0 Å². The minimum Gasteiger partial charge on any atom is -0.469 e. The van der Waals surface area contributed by atoms with E-state index in [2.05, 4.69) is 14.5 Å². The summed E-state index contributed by atoms with van der Waals surface area (Å²) in [4.78, 5) is 14.7. The number of ether oxygens (including phenoxy) is 2. The number of alkyl halides is 4. The van der Waals surface area contributed by atoms with Crippen LogP contribution in [-0.4, -0.2) is 24.4 Å². The molecule has 0 bridgehead atoms. The van der Waals surface area contributed by atoms with E-state index < -0.39 is 31.3 Å². The smallest absolute Gasteiger partial charge is 0.469 e. The molecule has 0 spiro atoms. The van der Waals surface area contributed by atoms with Crippen molar-refractivity contribution in [3.05, 3.63) is 20.9 Å². The molecule has 0 saturated heterocycles. The second-order valence-corrected chi connectivity index (χ2v) is 4.43. The fourth-order valence-corrected chi connectivity index (χ4v) is 1.88. The third kappa shape index (κ3) is 4.80. The Kier molecular flexibility index (Phi) is 5.32. The van der Waals surface area contributed by atoms with Crippen molar-refractivity contribution in [2.45, 2.75) is 19.5 Å². The summed E-state index contributed by atoms with van der Waals surface area (Å²) in [6, 6.07) is 1.24. The van der Waals surface area contributed by atoms with Crippen LogP contribution in [0.1, 0.15) is 11.1 Å². The summed E-state index contributed by atoms with van der Waals surface area (Å²) < 4.78 is 57.7. The van der Waals surface area contributed by atoms with Crippen molar-refractivity contribution in [2.75, 3.05) is 7.11 Å². The summed E-state index contributed by atoms with van der Waals surface area (Å²) in [6.45, 7) is -1.04. The number of rotatable bonds is 4. The van der Waals surface area contributed by atoms with E-state index >= 15 is 0 Å². The van der Waals surface area contributed by atoms with Gasteiger partial charge in [0.2, 0.25) is 5.88 Å². The zero-order valence-electron chi connectivity index (χ0n) is 9.55. The highest BCUT2D eigenvalue weighted by molar-refractivity contribution is 14.1. The molecule has 1 aromatic heterocycles. The molecule has 0 aliphatic rings. The molecular weight excluding hydrogens is 385 g/mol. The van der Waals surface area contributed by atoms with Crippen LogP contribution in [0.3, 0.4) is 0 Å². The molecule has 0 atom stereocenters. The molecule has 0 saturated carbocycles. The van der Waals surface area contributed by atoms with Crippen molar-refractivity contribution in [1.29, 1.82) is 0 Å². The van der Waals surface area contributed by atoms with Crippen LogP contribution in [0.5, 0.6) is 5.88 Å². The molecule has 0 N–H and O–H groups in total. The highest BCUT2D eigenvalue weighted by Gasteiger charge is 2.34. The van der Waals surface area contributed by atoms with Gasteiger partial charge in [-0.15, -0.1) is 13.2 Å². The van der Waals surface area contributed by atoms with Gasteiger partial charge >= 0.3 is 12.3 Å². The van der Waals surface area contributed by atoms with Crippen LogP contribution < -0.4 is 4.74 Å². The van der Waals surface area contributed by atoms with Gasteiger partial charge in [-0.25, -0.2) is 9.37 Å². The first kappa shape index (κ1) is 15.9. The lowest BCUT2D eigenvalue weighted by Gasteiger charge is -2.14. The van der Waals surface area contributed by atoms with Crippen LogP contribution >= 0.6 is 22.6 Å². The van der Waals surface area contributed by atoms with Gasteiger partial charge in [0.15, 0.2) is 0 Å². The highest BCUT2D eigenvalue weighted by Crippen LogP contribution is 2.29.